The Hall–Kier alpha value is -10.8. The Kier molecular flexibility index (Phi) is 28.0. The van der Waals surface area contributed by atoms with Crippen molar-refractivity contribution in [1.82, 2.24) is 39.7 Å². The lowest BCUT2D eigenvalue weighted by molar-refractivity contribution is 0.0122. The number of nitrogens with zero attached hydrogens (tertiary/aromatic N) is 11. The third-order valence-electron chi connectivity index (χ3n) is 15.5. The molecule has 101 heavy (non-hydrogen) atoms. The molecule has 2 saturated heterocycles. The molecule has 0 bridgehead atoms. The van der Waals surface area contributed by atoms with Crippen LogP contribution in [0.15, 0.2) is 175 Å². The summed E-state index contributed by atoms with van der Waals surface area (Å²) in [7, 11) is 0. The van der Waals surface area contributed by atoms with Crippen molar-refractivity contribution in [2.24, 2.45) is 16.2 Å². The first-order valence-electron chi connectivity index (χ1n) is 32.5. The number of rotatable bonds is 25. The zero-order chi connectivity index (χ0) is 71.4. The van der Waals surface area contributed by atoms with Gasteiger partial charge in [-0.25, -0.2) is 34.7 Å². The zero-order valence-corrected chi connectivity index (χ0v) is 58.4. The number of nitrogens with one attached hydrogen (secondary N) is 3. The van der Waals surface area contributed by atoms with Gasteiger partial charge in [0.2, 0.25) is 0 Å². The van der Waals surface area contributed by atoms with Gasteiger partial charge in [0.15, 0.2) is 5.82 Å². The number of nitrogens with two attached hydrogens (primary N) is 3. The van der Waals surface area contributed by atoms with Gasteiger partial charge in [-0.2, -0.15) is 5.26 Å². The molecule has 11 rings (SSSR count). The third-order valence-corrected chi connectivity index (χ3v) is 16.4. The molecule has 25 nitrogen and oxygen atoms in total. The maximum absolute atomic E-state index is 12.3. The molecule has 0 spiro atoms. The first-order chi connectivity index (χ1) is 48.9. The molecule has 526 valence electrons. The van der Waals surface area contributed by atoms with Gasteiger partial charge in [0.25, 0.3) is 0 Å². The minimum absolute atomic E-state index is 0.119. The molecule has 0 atom stereocenters. The number of anilines is 9. The molecule has 10 N–H and O–H groups in total. The van der Waals surface area contributed by atoms with Crippen LogP contribution in [0.1, 0.15) is 86.3 Å². The van der Waals surface area contributed by atoms with Gasteiger partial charge >= 0.3 is 6.09 Å². The second-order valence-electron chi connectivity index (χ2n) is 24.2. The number of halogens is 3. The summed E-state index contributed by atoms with van der Waals surface area (Å²) in [4.78, 5) is 51.9. The van der Waals surface area contributed by atoms with Crippen LogP contribution in [0.25, 0.3) is 0 Å². The number of likely N-dealkylation sites (tertiary alicyclic amines) is 2. The maximum atomic E-state index is 12.3. The van der Waals surface area contributed by atoms with Gasteiger partial charge in [0, 0.05) is 49.8 Å². The van der Waals surface area contributed by atoms with Gasteiger partial charge in [-0.3, -0.25) is 0 Å². The standard InChI is InChI=1S/C29H35ClN6O4.C26H31ClN6O3.C18H14ClN5O/c1-29(2,3)40-28(37)36-13-11-21(12-14-36)18-39-34-16-23-26(31)32-19-33-27(23)35-22-9-10-25(24(30)15-22)38-17-20-7-5-4-6-8-20;27-23-15-20(7-8-24(23)35-17-19-5-2-1-3-6-19)32-26-22(25(28)29-18-30-26)16-31-36-14-4-11-33-12-9-21(34)10-13-33;19-15-8-13(24-18-14(9-20)17(21)22-11-23-18)6-7-16(15)25-10-12-4-2-1-3-5-12/h4-10,15-16,19,21H,11-14,17-18H2,1-3H3,(H3,31,32,33,35);1-3,5-8,15-16,18,21,34H,4,9-14,17H2,(H3,28,29,30,32);1-8,11H,10H2,(H3,21,22,23,24)/b34-16+;31-16+;. The Morgan fingerprint density at radius 3 is 1.43 bits per heavy atom. The minimum Gasteiger partial charge on any atom is -0.487 e. The first kappa shape index (κ1) is 74.5. The van der Waals surface area contributed by atoms with Crippen molar-refractivity contribution < 1.29 is 38.5 Å². The van der Waals surface area contributed by atoms with Crippen molar-refractivity contribution >= 4 is 105 Å². The van der Waals surface area contributed by atoms with Crippen LogP contribution >= 0.6 is 34.8 Å². The lowest BCUT2D eigenvalue weighted by Crippen LogP contribution is -2.42. The normalized spacial score (nSPS) is 13.4. The molecule has 2 aliphatic heterocycles. The van der Waals surface area contributed by atoms with E-state index in [1.54, 1.807) is 47.4 Å². The molecule has 6 aromatic carbocycles. The molecule has 3 aromatic heterocycles. The number of oxime groups is 2. The summed E-state index contributed by atoms with van der Waals surface area (Å²) < 4.78 is 22.9. The Morgan fingerprint density at radius 1 is 0.584 bits per heavy atom. The van der Waals surface area contributed by atoms with Crippen LogP contribution in [-0.2, 0) is 34.2 Å². The minimum atomic E-state index is -0.505. The Bertz CT molecular complexity index is 4220. The summed E-state index contributed by atoms with van der Waals surface area (Å²) in [5.41, 5.74) is 23.8. The highest BCUT2D eigenvalue weighted by molar-refractivity contribution is 6.33. The fourth-order valence-electron chi connectivity index (χ4n) is 10.1. The van der Waals surface area contributed by atoms with Gasteiger partial charge in [-0.1, -0.05) is 136 Å². The van der Waals surface area contributed by atoms with E-state index in [0.29, 0.717) is 124 Å². The van der Waals surface area contributed by atoms with E-state index in [4.69, 9.17) is 85.9 Å². The van der Waals surface area contributed by atoms with E-state index >= 15 is 0 Å². The van der Waals surface area contributed by atoms with Crippen LogP contribution < -0.4 is 47.4 Å². The molecule has 2 aliphatic rings. The molecule has 9 aromatic rings. The third kappa shape index (κ3) is 24.0. The topological polar surface area (TPSA) is 339 Å². The van der Waals surface area contributed by atoms with Crippen molar-refractivity contribution in [3.8, 4) is 23.3 Å². The van der Waals surface area contributed by atoms with Crippen LogP contribution in [0.2, 0.25) is 15.1 Å². The average molecular weight is 1430 g/mol. The molecule has 2 fully saturated rings. The zero-order valence-electron chi connectivity index (χ0n) is 56.1. The lowest BCUT2D eigenvalue weighted by Gasteiger charge is -2.32. The Labute approximate surface area is 601 Å². The highest BCUT2D eigenvalue weighted by Gasteiger charge is 2.27. The first-order valence-corrected chi connectivity index (χ1v) is 33.7. The number of aliphatic hydroxyl groups excluding tert-OH is 1. The number of ether oxygens (including phenoxy) is 4. The number of carbonyl (C=O) groups excluding carboxylic acids is 1. The van der Waals surface area contributed by atoms with Gasteiger partial charge < -0.3 is 76.7 Å². The number of piperidine rings is 2. The van der Waals surface area contributed by atoms with Crippen LogP contribution in [0.5, 0.6) is 17.2 Å². The highest BCUT2D eigenvalue weighted by Crippen LogP contribution is 2.34. The summed E-state index contributed by atoms with van der Waals surface area (Å²) >= 11 is 19.2. The van der Waals surface area contributed by atoms with E-state index in [2.05, 4.69) is 61.1 Å². The molecule has 5 heterocycles. The Balaban J connectivity index is 0.000000181. The number of aromatic nitrogens is 6. The van der Waals surface area contributed by atoms with Crippen LogP contribution in [0.3, 0.4) is 0 Å². The van der Waals surface area contributed by atoms with E-state index in [1.807, 2.05) is 130 Å². The predicted molar refractivity (Wildman–Crippen MR) is 394 cm³/mol. The van der Waals surface area contributed by atoms with Gasteiger partial charge in [-0.05, 0) is 130 Å². The number of hydrogen-bond donors (Lipinski definition) is 7. The molecule has 1 amide bonds. The number of hydrogen-bond acceptors (Lipinski definition) is 24. The van der Waals surface area contributed by atoms with Crippen molar-refractivity contribution in [2.75, 3.05) is 79.1 Å². The van der Waals surface area contributed by atoms with Crippen molar-refractivity contribution in [3.63, 3.8) is 0 Å². The van der Waals surface area contributed by atoms with E-state index in [0.717, 1.165) is 68.4 Å². The lowest BCUT2D eigenvalue weighted by atomic mass is 9.98. The van der Waals surface area contributed by atoms with Gasteiger partial charge in [0.1, 0.15) is 116 Å². The smallest absolute Gasteiger partial charge is 0.410 e. The predicted octanol–water partition coefficient (Wildman–Crippen LogP) is 14.2. The number of benzene rings is 6. The summed E-state index contributed by atoms with van der Waals surface area (Å²) in [6.45, 7) is 11.8. The van der Waals surface area contributed by atoms with Gasteiger partial charge in [-0.15, -0.1) is 0 Å². The van der Waals surface area contributed by atoms with Crippen LogP contribution in [0.4, 0.5) is 56.8 Å². The molecular weight excluding hydrogens is 1350 g/mol. The fraction of sp³-hybridized carbons (Fsp3) is 0.288. The van der Waals surface area contributed by atoms with E-state index in [-0.39, 0.29) is 41.1 Å². The second-order valence-corrected chi connectivity index (χ2v) is 25.4. The largest absolute Gasteiger partial charge is 0.487 e. The van der Waals surface area contributed by atoms with E-state index in [1.165, 1.54) is 31.4 Å². The molecule has 0 aliphatic carbocycles. The second kappa shape index (κ2) is 38.0. The van der Waals surface area contributed by atoms with Crippen molar-refractivity contribution in [3.05, 3.63) is 213 Å². The number of nitrogen functional groups attached to an aromatic ring is 3. The highest BCUT2D eigenvalue weighted by atomic mass is 35.5. The fourth-order valence-corrected chi connectivity index (χ4v) is 10.8. The van der Waals surface area contributed by atoms with E-state index < -0.39 is 5.60 Å². The average Bonchev–Trinajstić information content (AvgIpc) is 0.866. The number of nitriles is 1. The molecule has 0 radical (unpaired) electrons. The van der Waals surface area contributed by atoms with E-state index in [9.17, 15) is 9.90 Å². The SMILES string of the molecule is CC(C)(C)OC(=O)N1CCC(CO/N=C/c2c(N)ncnc2Nc2ccc(OCc3ccccc3)c(Cl)c2)CC1.N#Cc1c(N)ncnc1Nc1ccc(OCc2ccccc2)c(Cl)c1.Nc1ncnc(Nc2ccc(OCc3ccccc3)c(Cl)c2)c1/C=N/OCCCN1CCC(O)CC1. The summed E-state index contributed by atoms with van der Waals surface area (Å²) in [6.07, 6.45) is 10.7. The molecular formula is C73H80Cl3N17O8. The quantitative estimate of drug-likeness (QED) is 0.0159. The van der Waals surface area contributed by atoms with Crippen LogP contribution in [-0.4, -0.2) is 121 Å². The number of aliphatic hydroxyl groups is 1. The molecule has 0 saturated carbocycles. The monoisotopic (exact) mass is 1430 g/mol. The maximum Gasteiger partial charge on any atom is 0.410 e. The van der Waals surface area contributed by atoms with Crippen LogP contribution in [0, 0.1) is 17.2 Å². The summed E-state index contributed by atoms with van der Waals surface area (Å²) in [6, 6.07) is 47.6. The molecule has 0 unspecified atom stereocenters. The number of amides is 1. The van der Waals surface area contributed by atoms with Crippen molar-refractivity contribution in [1.29, 1.82) is 5.26 Å². The summed E-state index contributed by atoms with van der Waals surface area (Å²) in [5.74, 6) is 3.93. The van der Waals surface area contributed by atoms with Crippen molar-refractivity contribution in [2.45, 2.75) is 84.4 Å². The molecule has 28 heteroatoms. The number of carbonyl (C=O) groups is 1. The summed E-state index contributed by atoms with van der Waals surface area (Å²) in [5, 5.41) is 37.7. The Morgan fingerprint density at radius 2 is 1.00 bits per heavy atom. The van der Waals surface area contributed by atoms with Gasteiger partial charge in [0.05, 0.1) is 44.7 Å².